The molecule has 0 aliphatic rings. The Labute approximate surface area is 153 Å². The molecule has 0 aliphatic heterocycles. The number of aromatic amines is 1. The molecule has 3 rings (SSSR count). The maximum atomic E-state index is 8.76. The summed E-state index contributed by atoms with van der Waals surface area (Å²) in [5.41, 5.74) is 1.75. The number of aliphatic hydroxyl groups excluding tert-OH is 1. The fourth-order valence-electron chi connectivity index (χ4n) is 2.88. The van der Waals surface area contributed by atoms with Gasteiger partial charge in [-0.15, -0.1) is 0 Å². The zero-order valence-corrected chi connectivity index (χ0v) is 14.9. The number of aromatic nitrogens is 3. The number of anilines is 2. The van der Waals surface area contributed by atoms with Crippen molar-refractivity contribution in [3.63, 3.8) is 0 Å². The summed E-state index contributed by atoms with van der Waals surface area (Å²) in [6, 6.07) is 9.88. The van der Waals surface area contributed by atoms with Crippen LogP contribution in [0.4, 0.5) is 11.5 Å². The van der Waals surface area contributed by atoms with E-state index in [4.69, 9.17) is 9.84 Å². The van der Waals surface area contributed by atoms with E-state index in [2.05, 4.69) is 20.3 Å². The van der Waals surface area contributed by atoms with Gasteiger partial charge in [0.05, 0.1) is 12.0 Å². The van der Waals surface area contributed by atoms with Crippen LogP contribution in [0, 0.1) is 0 Å². The summed E-state index contributed by atoms with van der Waals surface area (Å²) in [5, 5.41) is 13.0. The van der Waals surface area contributed by atoms with Gasteiger partial charge in [0.25, 0.3) is 0 Å². The Bertz CT molecular complexity index is 803. The Balaban J connectivity index is 1.47. The Morgan fingerprint density at radius 2 is 1.85 bits per heavy atom. The van der Waals surface area contributed by atoms with E-state index in [1.54, 1.807) is 6.33 Å². The molecule has 0 fully saturated rings. The van der Waals surface area contributed by atoms with Gasteiger partial charge in [0, 0.05) is 24.6 Å². The number of aliphatic hydroxyl groups is 1. The number of ether oxygens (including phenoxy) is 1. The first-order chi connectivity index (χ1) is 12.9. The van der Waals surface area contributed by atoms with Gasteiger partial charge in [-0.3, -0.25) is 0 Å². The van der Waals surface area contributed by atoms with Gasteiger partial charge < -0.3 is 20.1 Å². The molecule has 6 heteroatoms. The third kappa shape index (κ3) is 5.20. The SMILES string of the molecule is OCCCCCCCCOc1cccc(Nc2ncnc3[nH]ccc23)c1. The molecule has 0 bridgehead atoms. The molecule has 6 nitrogen and oxygen atoms in total. The van der Waals surface area contributed by atoms with Crippen molar-refractivity contribution < 1.29 is 9.84 Å². The molecule has 2 heterocycles. The van der Waals surface area contributed by atoms with Crippen molar-refractivity contribution in [1.82, 2.24) is 15.0 Å². The minimum atomic E-state index is 0.304. The van der Waals surface area contributed by atoms with Crippen molar-refractivity contribution in [2.45, 2.75) is 38.5 Å². The lowest BCUT2D eigenvalue weighted by Gasteiger charge is -2.10. The smallest absolute Gasteiger partial charge is 0.143 e. The van der Waals surface area contributed by atoms with Gasteiger partial charge >= 0.3 is 0 Å². The number of unbranched alkanes of at least 4 members (excludes halogenated alkanes) is 5. The molecule has 0 aliphatic carbocycles. The van der Waals surface area contributed by atoms with Gasteiger partial charge in [0.2, 0.25) is 0 Å². The van der Waals surface area contributed by atoms with Gasteiger partial charge in [0.1, 0.15) is 23.5 Å². The average molecular weight is 354 g/mol. The fourth-order valence-corrected chi connectivity index (χ4v) is 2.88. The summed E-state index contributed by atoms with van der Waals surface area (Å²) in [4.78, 5) is 11.6. The summed E-state index contributed by atoms with van der Waals surface area (Å²) < 4.78 is 5.87. The monoisotopic (exact) mass is 354 g/mol. The van der Waals surface area contributed by atoms with E-state index >= 15 is 0 Å². The molecule has 0 atom stereocenters. The predicted molar refractivity (Wildman–Crippen MR) is 104 cm³/mol. The van der Waals surface area contributed by atoms with Crippen LogP contribution in [0.25, 0.3) is 11.0 Å². The average Bonchev–Trinajstić information content (AvgIpc) is 3.14. The molecule has 3 N–H and O–H groups in total. The molecule has 0 saturated heterocycles. The lowest BCUT2D eigenvalue weighted by atomic mass is 10.1. The molecule has 138 valence electrons. The van der Waals surface area contributed by atoms with E-state index in [1.807, 2.05) is 36.5 Å². The van der Waals surface area contributed by atoms with Crippen LogP contribution < -0.4 is 10.1 Å². The maximum Gasteiger partial charge on any atom is 0.143 e. The largest absolute Gasteiger partial charge is 0.494 e. The Morgan fingerprint density at radius 3 is 2.73 bits per heavy atom. The molecular formula is C20H26N4O2. The second kappa shape index (κ2) is 9.77. The maximum absolute atomic E-state index is 8.76. The topological polar surface area (TPSA) is 83.1 Å². The first kappa shape index (κ1) is 18.2. The first-order valence-corrected chi connectivity index (χ1v) is 9.25. The standard InChI is InChI=1S/C20H26N4O2/c25-12-5-3-1-2-4-6-13-26-17-9-7-8-16(14-17)24-20-18-10-11-21-19(18)22-15-23-20/h7-11,14-15,25H,1-6,12-13H2,(H2,21,22,23,24). The summed E-state index contributed by atoms with van der Waals surface area (Å²) in [7, 11) is 0. The summed E-state index contributed by atoms with van der Waals surface area (Å²) in [5.74, 6) is 1.63. The van der Waals surface area contributed by atoms with E-state index in [0.717, 1.165) is 60.6 Å². The second-order valence-corrected chi connectivity index (χ2v) is 6.31. The quantitative estimate of drug-likeness (QED) is 0.444. The van der Waals surface area contributed by atoms with Crippen molar-refractivity contribution >= 4 is 22.5 Å². The predicted octanol–water partition coefficient (Wildman–Crippen LogP) is 4.41. The van der Waals surface area contributed by atoms with E-state index in [9.17, 15) is 0 Å². The number of nitrogens with zero attached hydrogens (tertiary/aromatic N) is 2. The lowest BCUT2D eigenvalue weighted by Crippen LogP contribution is -1.99. The number of benzene rings is 1. The molecule has 2 aromatic heterocycles. The molecule has 3 aromatic rings. The Morgan fingerprint density at radius 1 is 1.00 bits per heavy atom. The number of hydrogen-bond acceptors (Lipinski definition) is 5. The molecule has 0 spiro atoms. The van der Waals surface area contributed by atoms with E-state index < -0.39 is 0 Å². The van der Waals surface area contributed by atoms with Gasteiger partial charge in [-0.25, -0.2) is 9.97 Å². The van der Waals surface area contributed by atoms with Crippen molar-refractivity contribution in [3.8, 4) is 5.75 Å². The fraction of sp³-hybridized carbons (Fsp3) is 0.400. The molecule has 1 aromatic carbocycles. The van der Waals surface area contributed by atoms with Crippen molar-refractivity contribution in [1.29, 1.82) is 0 Å². The second-order valence-electron chi connectivity index (χ2n) is 6.31. The summed E-state index contributed by atoms with van der Waals surface area (Å²) >= 11 is 0. The van der Waals surface area contributed by atoms with Crippen molar-refractivity contribution in [3.05, 3.63) is 42.9 Å². The van der Waals surface area contributed by atoms with Crippen molar-refractivity contribution in [2.75, 3.05) is 18.5 Å². The number of hydrogen-bond donors (Lipinski definition) is 3. The van der Waals surface area contributed by atoms with Gasteiger partial charge in [-0.1, -0.05) is 31.7 Å². The third-order valence-corrected chi connectivity index (χ3v) is 4.27. The molecule has 0 unspecified atom stereocenters. The number of rotatable bonds is 11. The zero-order chi connectivity index (χ0) is 18.0. The van der Waals surface area contributed by atoms with Crippen LogP contribution >= 0.6 is 0 Å². The summed E-state index contributed by atoms with van der Waals surface area (Å²) in [6.45, 7) is 1.02. The third-order valence-electron chi connectivity index (χ3n) is 4.27. The molecule has 0 amide bonds. The molecule has 0 saturated carbocycles. The highest BCUT2D eigenvalue weighted by Gasteiger charge is 2.05. The van der Waals surface area contributed by atoms with Crippen LogP contribution in [-0.2, 0) is 0 Å². The van der Waals surface area contributed by atoms with Crippen LogP contribution in [0.1, 0.15) is 38.5 Å². The van der Waals surface area contributed by atoms with Crippen LogP contribution in [0.5, 0.6) is 5.75 Å². The lowest BCUT2D eigenvalue weighted by molar-refractivity contribution is 0.280. The van der Waals surface area contributed by atoms with Gasteiger partial charge in [0.15, 0.2) is 0 Å². The van der Waals surface area contributed by atoms with Crippen molar-refractivity contribution in [2.24, 2.45) is 0 Å². The number of fused-ring (bicyclic) bond motifs is 1. The molecule has 0 radical (unpaired) electrons. The minimum absolute atomic E-state index is 0.304. The Hall–Kier alpha value is -2.60. The highest BCUT2D eigenvalue weighted by Crippen LogP contribution is 2.24. The molecule has 26 heavy (non-hydrogen) atoms. The van der Waals surface area contributed by atoms with Gasteiger partial charge in [-0.2, -0.15) is 0 Å². The number of H-pyrrole nitrogens is 1. The highest BCUT2D eigenvalue weighted by atomic mass is 16.5. The van der Waals surface area contributed by atoms with Crippen LogP contribution in [0.2, 0.25) is 0 Å². The van der Waals surface area contributed by atoms with Crippen LogP contribution in [-0.4, -0.2) is 33.3 Å². The van der Waals surface area contributed by atoms with Crippen LogP contribution in [0.3, 0.4) is 0 Å². The van der Waals surface area contributed by atoms with E-state index in [0.29, 0.717) is 6.61 Å². The van der Waals surface area contributed by atoms with Crippen LogP contribution in [0.15, 0.2) is 42.9 Å². The summed E-state index contributed by atoms with van der Waals surface area (Å²) in [6.07, 6.45) is 10.0. The molecular weight excluding hydrogens is 328 g/mol. The number of nitrogens with one attached hydrogen (secondary N) is 2. The Kier molecular flexibility index (Phi) is 6.84. The van der Waals surface area contributed by atoms with E-state index in [-0.39, 0.29) is 0 Å². The normalized spacial score (nSPS) is 11.0. The van der Waals surface area contributed by atoms with E-state index in [1.165, 1.54) is 12.8 Å². The minimum Gasteiger partial charge on any atom is -0.494 e. The van der Waals surface area contributed by atoms with Gasteiger partial charge in [-0.05, 0) is 31.0 Å². The zero-order valence-electron chi connectivity index (χ0n) is 14.9. The first-order valence-electron chi connectivity index (χ1n) is 9.25. The highest BCUT2D eigenvalue weighted by molar-refractivity contribution is 5.88.